The van der Waals surface area contributed by atoms with Crippen molar-refractivity contribution in [3.05, 3.63) is 45.6 Å². The monoisotopic (exact) mass is 467 g/mol. The van der Waals surface area contributed by atoms with Crippen molar-refractivity contribution in [2.75, 3.05) is 40.6 Å². The third-order valence-corrected chi connectivity index (χ3v) is 5.06. The van der Waals surface area contributed by atoms with E-state index in [1.165, 1.54) is 14.2 Å². The first-order valence-electron chi connectivity index (χ1n) is 9.23. The molecule has 0 amide bonds. The molecule has 1 aliphatic rings. The Morgan fingerprint density at radius 3 is 2.31 bits per heavy atom. The largest absolute Gasteiger partial charge is 0.463 e. The number of allylic oxidation sites excluding steroid dienone is 1. The van der Waals surface area contributed by atoms with E-state index in [0.29, 0.717) is 17.0 Å². The van der Waals surface area contributed by atoms with Gasteiger partial charge in [0.25, 0.3) is 0 Å². The zero-order valence-corrected chi connectivity index (χ0v) is 18.7. The molecule has 2 unspecified atom stereocenters. The van der Waals surface area contributed by atoms with Crippen LogP contribution in [-0.2, 0) is 28.5 Å². The van der Waals surface area contributed by atoms with Crippen LogP contribution in [-0.4, -0.2) is 58.3 Å². The maximum atomic E-state index is 12.9. The van der Waals surface area contributed by atoms with Crippen LogP contribution in [0.4, 0.5) is 0 Å². The highest BCUT2D eigenvalue weighted by Crippen LogP contribution is 2.40. The zero-order valence-electron chi connectivity index (χ0n) is 17.1. The summed E-state index contributed by atoms with van der Waals surface area (Å²) in [5.41, 5.74) is 2.25. The van der Waals surface area contributed by atoms with E-state index in [4.69, 9.17) is 18.9 Å². The molecule has 0 saturated carbocycles. The predicted octanol–water partition coefficient (Wildman–Crippen LogP) is 3.28. The normalized spacial score (nSPS) is 19.0. The van der Waals surface area contributed by atoms with E-state index < -0.39 is 23.8 Å². The van der Waals surface area contributed by atoms with Crippen LogP contribution in [0.5, 0.6) is 0 Å². The third kappa shape index (κ3) is 5.98. The summed E-state index contributed by atoms with van der Waals surface area (Å²) in [6.45, 7) is 4.32. The average Bonchev–Trinajstić information content (AvgIpc) is 2.67. The van der Waals surface area contributed by atoms with Gasteiger partial charge in [0, 0.05) is 36.0 Å². The number of nitrogens with zero attached hydrogens (tertiary/aromatic N) is 1. The van der Waals surface area contributed by atoms with E-state index in [-0.39, 0.29) is 26.4 Å². The summed E-state index contributed by atoms with van der Waals surface area (Å²) in [5.74, 6) is -2.29. The standard InChI is InChI=1S/C21H26BrNO6/c1-13-17(20(24)28-10-8-26-3)19(15-6-5-7-16(22)12-15)18(14(2)23-13)21(25)29-11-9-27-4/h5-7,12,17,19H,8-11H2,1-4H3. The summed E-state index contributed by atoms with van der Waals surface area (Å²) >= 11 is 3.46. The number of carbonyl (C=O) groups excluding carboxylic acids is 2. The molecule has 1 aliphatic heterocycles. The number of aliphatic imine (C=N–C) groups is 1. The quantitative estimate of drug-likeness (QED) is 0.409. The summed E-state index contributed by atoms with van der Waals surface area (Å²) in [7, 11) is 3.06. The Hall–Kier alpha value is -2.03. The lowest BCUT2D eigenvalue weighted by molar-refractivity contribution is -0.148. The molecule has 0 aromatic heterocycles. The molecular weight excluding hydrogens is 442 g/mol. The number of carbonyl (C=O) groups is 2. The molecule has 2 atom stereocenters. The second-order valence-corrected chi connectivity index (χ2v) is 7.47. The SMILES string of the molecule is COCCOC(=O)C1=C(C)N=C(C)C(C(=O)OCCOC)C1c1cccc(Br)c1. The number of ether oxygens (including phenoxy) is 4. The first-order valence-corrected chi connectivity index (χ1v) is 10.0. The Kier molecular flexibility index (Phi) is 9.00. The molecule has 0 spiro atoms. The van der Waals surface area contributed by atoms with Gasteiger partial charge in [-0.3, -0.25) is 9.79 Å². The number of benzene rings is 1. The highest BCUT2D eigenvalue weighted by atomic mass is 79.9. The van der Waals surface area contributed by atoms with Gasteiger partial charge in [-0.2, -0.15) is 0 Å². The minimum absolute atomic E-state index is 0.114. The number of rotatable bonds is 9. The van der Waals surface area contributed by atoms with Crippen LogP contribution < -0.4 is 0 Å². The number of hydrogen-bond donors (Lipinski definition) is 0. The van der Waals surface area contributed by atoms with E-state index >= 15 is 0 Å². The van der Waals surface area contributed by atoms with Crippen molar-refractivity contribution < 1.29 is 28.5 Å². The smallest absolute Gasteiger partial charge is 0.336 e. The molecule has 0 N–H and O–H groups in total. The van der Waals surface area contributed by atoms with Gasteiger partial charge in [-0.15, -0.1) is 0 Å². The Bertz CT molecular complexity index is 804. The van der Waals surface area contributed by atoms with E-state index in [0.717, 1.165) is 10.0 Å². The lowest BCUT2D eigenvalue weighted by Gasteiger charge is -2.31. The fourth-order valence-electron chi connectivity index (χ4n) is 3.28. The van der Waals surface area contributed by atoms with Crippen molar-refractivity contribution in [2.24, 2.45) is 10.9 Å². The molecule has 158 valence electrons. The number of hydrogen-bond acceptors (Lipinski definition) is 7. The van der Waals surface area contributed by atoms with Crippen LogP contribution in [0.3, 0.4) is 0 Å². The molecule has 1 aromatic rings. The third-order valence-electron chi connectivity index (χ3n) is 4.56. The predicted molar refractivity (Wildman–Crippen MR) is 112 cm³/mol. The lowest BCUT2D eigenvalue weighted by atomic mass is 9.75. The molecule has 0 fully saturated rings. The highest BCUT2D eigenvalue weighted by Gasteiger charge is 2.42. The van der Waals surface area contributed by atoms with Crippen LogP contribution in [0, 0.1) is 5.92 Å². The summed E-state index contributed by atoms with van der Waals surface area (Å²) < 4.78 is 21.5. The summed E-state index contributed by atoms with van der Waals surface area (Å²) in [4.78, 5) is 30.3. The van der Waals surface area contributed by atoms with Crippen molar-refractivity contribution >= 4 is 33.6 Å². The van der Waals surface area contributed by atoms with Crippen molar-refractivity contribution in [3.8, 4) is 0 Å². The van der Waals surface area contributed by atoms with Gasteiger partial charge in [0.1, 0.15) is 19.1 Å². The second kappa shape index (κ2) is 11.2. The van der Waals surface area contributed by atoms with Crippen molar-refractivity contribution in [1.82, 2.24) is 0 Å². The van der Waals surface area contributed by atoms with Crippen LogP contribution in [0.2, 0.25) is 0 Å². The number of halogens is 1. The van der Waals surface area contributed by atoms with Gasteiger partial charge in [-0.05, 0) is 31.5 Å². The summed E-state index contributed by atoms with van der Waals surface area (Å²) in [6, 6.07) is 7.50. The molecule has 8 heteroatoms. The van der Waals surface area contributed by atoms with Gasteiger partial charge in [-0.25, -0.2) is 4.79 Å². The van der Waals surface area contributed by atoms with Crippen LogP contribution >= 0.6 is 15.9 Å². The first-order chi connectivity index (χ1) is 13.9. The number of esters is 2. The minimum Gasteiger partial charge on any atom is -0.463 e. The minimum atomic E-state index is -0.741. The highest BCUT2D eigenvalue weighted by molar-refractivity contribution is 9.10. The maximum absolute atomic E-state index is 12.9. The Morgan fingerprint density at radius 2 is 1.69 bits per heavy atom. The molecule has 2 rings (SSSR count). The Morgan fingerprint density at radius 1 is 1.03 bits per heavy atom. The zero-order chi connectivity index (χ0) is 21.4. The topological polar surface area (TPSA) is 83.4 Å². The van der Waals surface area contributed by atoms with Gasteiger partial charge >= 0.3 is 11.9 Å². The fraction of sp³-hybridized carbons (Fsp3) is 0.476. The first kappa shape index (κ1) is 23.3. The molecule has 1 heterocycles. The van der Waals surface area contributed by atoms with Crippen LogP contribution in [0.1, 0.15) is 25.3 Å². The fourth-order valence-corrected chi connectivity index (χ4v) is 3.70. The van der Waals surface area contributed by atoms with Crippen molar-refractivity contribution in [2.45, 2.75) is 19.8 Å². The van der Waals surface area contributed by atoms with E-state index in [9.17, 15) is 9.59 Å². The Labute approximate surface area is 179 Å². The Balaban J connectivity index is 2.46. The maximum Gasteiger partial charge on any atom is 0.336 e. The van der Waals surface area contributed by atoms with Crippen LogP contribution in [0.25, 0.3) is 0 Å². The van der Waals surface area contributed by atoms with Gasteiger partial charge in [0.15, 0.2) is 0 Å². The summed E-state index contributed by atoms with van der Waals surface area (Å²) in [6.07, 6.45) is 0. The average molecular weight is 468 g/mol. The van der Waals surface area contributed by atoms with E-state index in [1.807, 2.05) is 24.3 Å². The van der Waals surface area contributed by atoms with Gasteiger partial charge in [-0.1, -0.05) is 28.1 Å². The molecule has 0 saturated heterocycles. The van der Waals surface area contributed by atoms with Crippen LogP contribution in [0.15, 0.2) is 45.0 Å². The van der Waals surface area contributed by atoms with E-state index in [1.54, 1.807) is 13.8 Å². The second-order valence-electron chi connectivity index (χ2n) is 6.55. The van der Waals surface area contributed by atoms with Crippen molar-refractivity contribution in [3.63, 3.8) is 0 Å². The van der Waals surface area contributed by atoms with Crippen molar-refractivity contribution in [1.29, 1.82) is 0 Å². The molecule has 0 bridgehead atoms. The van der Waals surface area contributed by atoms with E-state index in [2.05, 4.69) is 20.9 Å². The lowest BCUT2D eigenvalue weighted by Crippen LogP contribution is -2.37. The summed E-state index contributed by atoms with van der Waals surface area (Å²) in [5, 5.41) is 0. The number of methoxy groups -OCH3 is 2. The molecule has 7 nitrogen and oxygen atoms in total. The molecular formula is C21H26BrNO6. The van der Waals surface area contributed by atoms with Gasteiger partial charge in [0.2, 0.25) is 0 Å². The van der Waals surface area contributed by atoms with Gasteiger partial charge in [0.05, 0.1) is 18.8 Å². The molecule has 1 aromatic carbocycles. The van der Waals surface area contributed by atoms with Gasteiger partial charge < -0.3 is 18.9 Å². The molecule has 29 heavy (non-hydrogen) atoms. The molecule has 0 radical (unpaired) electrons. The molecule has 0 aliphatic carbocycles.